The van der Waals surface area contributed by atoms with Crippen molar-refractivity contribution in [3.63, 3.8) is 0 Å². The minimum atomic E-state index is 0.00499. The fourth-order valence-electron chi connectivity index (χ4n) is 4.45. The van der Waals surface area contributed by atoms with Gasteiger partial charge in [0.25, 0.3) is 5.56 Å². The molecule has 1 aliphatic carbocycles. The summed E-state index contributed by atoms with van der Waals surface area (Å²) in [6.07, 6.45) is 5.16. The van der Waals surface area contributed by atoms with Gasteiger partial charge in [0.15, 0.2) is 11.5 Å². The van der Waals surface area contributed by atoms with Crippen LogP contribution in [0.1, 0.15) is 31.2 Å². The molecule has 1 fully saturated rings. The number of methoxy groups -OCH3 is 2. The first kappa shape index (κ1) is 21.9. The molecule has 0 bridgehead atoms. The monoisotopic (exact) mass is 435 g/mol. The van der Waals surface area contributed by atoms with Gasteiger partial charge < -0.3 is 14.8 Å². The second-order valence-electron chi connectivity index (χ2n) is 8.34. The van der Waals surface area contributed by atoms with E-state index >= 15 is 0 Å². The van der Waals surface area contributed by atoms with Gasteiger partial charge in [-0.15, -0.1) is 0 Å². The Morgan fingerprint density at radius 2 is 1.81 bits per heavy atom. The van der Waals surface area contributed by atoms with Gasteiger partial charge in [0, 0.05) is 19.0 Å². The summed E-state index contributed by atoms with van der Waals surface area (Å²) in [5.41, 5.74) is 1.70. The largest absolute Gasteiger partial charge is 0.493 e. The number of benzene rings is 2. The quantitative estimate of drug-likeness (QED) is 0.614. The van der Waals surface area contributed by atoms with Crippen molar-refractivity contribution in [1.82, 2.24) is 14.9 Å². The van der Waals surface area contributed by atoms with Crippen LogP contribution < -0.4 is 20.3 Å². The molecule has 0 radical (unpaired) electrons. The normalized spacial score (nSPS) is 18.3. The van der Waals surface area contributed by atoms with Gasteiger partial charge in [0.05, 0.1) is 31.4 Å². The maximum absolute atomic E-state index is 12.7. The lowest BCUT2D eigenvalue weighted by molar-refractivity contribution is -0.126. The van der Waals surface area contributed by atoms with Gasteiger partial charge >= 0.3 is 0 Å². The van der Waals surface area contributed by atoms with Crippen LogP contribution in [0.2, 0.25) is 0 Å². The van der Waals surface area contributed by atoms with Crippen LogP contribution in [-0.2, 0) is 17.9 Å². The summed E-state index contributed by atoms with van der Waals surface area (Å²) in [5, 5.41) is 3.70. The molecule has 0 aliphatic heterocycles. The number of nitrogens with one attached hydrogen (secondary N) is 1. The second-order valence-corrected chi connectivity index (χ2v) is 8.34. The van der Waals surface area contributed by atoms with Crippen molar-refractivity contribution >= 4 is 16.8 Å². The van der Waals surface area contributed by atoms with Crippen LogP contribution in [0.4, 0.5) is 0 Å². The van der Waals surface area contributed by atoms with Crippen molar-refractivity contribution in [2.24, 2.45) is 11.8 Å². The third-order valence-corrected chi connectivity index (χ3v) is 6.32. The number of amides is 1. The summed E-state index contributed by atoms with van der Waals surface area (Å²) in [7, 11) is 3.20. The molecule has 7 heteroatoms. The first-order chi connectivity index (χ1) is 15.6. The molecular weight excluding hydrogens is 406 g/mol. The molecule has 7 nitrogen and oxygen atoms in total. The van der Waals surface area contributed by atoms with E-state index in [0.717, 1.165) is 36.8 Å². The van der Waals surface area contributed by atoms with E-state index in [1.54, 1.807) is 25.1 Å². The lowest BCUT2D eigenvalue weighted by Crippen LogP contribution is -2.34. The van der Waals surface area contributed by atoms with E-state index in [0.29, 0.717) is 35.9 Å². The van der Waals surface area contributed by atoms with Crippen LogP contribution in [0.5, 0.6) is 11.5 Å². The molecule has 1 heterocycles. The highest BCUT2D eigenvalue weighted by Gasteiger charge is 2.26. The first-order valence-electron chi connectivity index (χ1n) is 11.0. The smallest absolute Gasteiger partial charge is 0.261 e. The van der Waals surface area contributed by atoms with E-state index in [-0.39, 0.29) is 17.4 Å². The number of fused-ring (bicyclic) bond motifs is 1. The molecule has 1 aromatic heterocycles. The highest BCUT2D eigenvalue weighted by Crippen LogP contribution is 2.30. The Labute approximate surface area is 187 Å². The number of carbonyl (C=O) groups excluding carboxylic acids is 1. The molecule has 1 N–H and O–H groups in total. The Kier molecular flexibility index (Phi) is 6.73. The Morgan fingerprint density at radius 1 is 1.06 bits per heavy atom. The second kappa shape index (κ2) is 9.85. The van der Waals surface area contributed by atoms with E-state index < -0.39 is 0 Å². The van der Waals surface area contributed by atoms with Crippen molar-refractivity contribution in [3.8, 4) is 11.5 Å². The zero-order valence-corrected chi connectivity index (χ0v) is 18.5. The minimum Gasteiger partial charge on any atom is -0.493 e. The third-order valence-electron chi connectivity index (χ3n) is 6.32. The molecule has 1 amide bonds. The predicted octanol–water partition coefficient (Wildman–Crippen LogP) is 3.54. The van der Waals surface area contributed by atoms with Crippen molar-refractivity contribution in [2.75, 3.05) is 14.2 Å². The van der Waals surface area contributed by atoms with Crippen LogP contribution in [0.25, 0.3) is 10.9 Å². The predicted molar refractivity (Wildman–Crippen MR) is 123 cm³/mol. The molecule has 1 saturated carbocycles. The maximum atomic E-state index is 12.7. The maximum Gasteiger partial charge on any atom is 0.261 e. The number of nitrogens with zero attached hydrogens (tertiary/aromatic N) is 2. The van der Waals surface area contributed by atoms with E-state index in [4.69, 9.17) is 9.47 Å². The Bertz CT molecular complexity index is 1150. The number of hydrogen-bond acceptors (Lipinski definition) is 5. The average molecular weight is 436 g/mol. The summed E-state index contributed by atoms with van der Waals surface area (Å²) < 4.78 is 12.3. The number of carbonyl (C=O) groups is 1. The molecule has 2 aromatic carbocycles. The molecule has 1 aliphatic rings. The minimum absolute atomic E-state index is 0.00499. The van der Waals surface area contributed by atoms with Crippen molar-refractivity contribution in [1.29, 1.82) is 0 Å². The van der Waals surface area contributed by atoms with Crippen LogP contribution in [0.15, 0.2) is 53.6 Å². The van der Waals surface area contributed by atoms with Crippen LogP contribution >= 0.6 is 0 Å². The highest BCUT2D eigenvalue weighted by atomic mass is 16.5. The summed E-state index contributed by atoms with van der Waals surface area (Å²) in [5.74, 6) is 1.80. The van der Waals surface area contributed by atoms with Crippen LogP contribution in [-0.4, -0.2) is 29.7 Å². The molecule has 0 spiro atoms. The molecule has 168 valence electrons. The van der Waals surface area contributed by atoms with Gasteiger partial charge in [-0.1, -0.05) is 18.2 Å². The molecule has 0 saturated heterocycles. The van der Waals surface area contributed by atoms with Gasteiger partial charge in [0.1, 0.15) is 0 Å². The molecule has 4 rings (SSSR count). The highest BCUT2D eigenvalue weighted by molar-refractivity contribution is 5.78. The number of hydrogen-bond donors (Lipinski definition) is 1. The number of aromatic nitrogens is 2. The molecule has 32 heavy (non-hydrogen) atoms. The summed E-state index contributed by atoms with van der Waals surface area (Å²) in [4.78, 5) is 29.8. The zero-order chi connectivity index (χ0) is 22.5. The SMILES string of the molecule is COc1ccc(CNC(=O)C2CCC(Cn3cnc4ccccc4c3=O)CC2)cc1OC. The Balaban J connectivity index is 1.29. The molecule has 3 aromatic rings. The van der Waals surface area contributed by atoms with Gasteiger partial charge in [-0.25, -0.2) is 4.98 Å². The first-order valence-corrected chi connectivity index (χ1v) is 11.0. The van der Waals surface area contributed by atoms with E-state index in [9.17, 15) is 9.59 Å². The van der Waals surface area contributed by atoms with Gasteiger partial charge in [-0.2, -0.15) is 0 Å². The van der Waals surface area contributed by atoms with Crippen LogP contribution in [0.3, 0.4) is 0 Å². The Morgan fingerprint density at radius 3 is 2.56 bits per heavy atom. The molecule has 0 unspecified atom stereocenters. The Hall–Kier alpha value is -3.35. The topological polar surface area (TPSA) is 82.5 Å². The molecule has 0 atom stereocenters. The standard InChI is InChI=1S/C25H29N3O4/c1-31-22-12-9-18(13-23(22)32-2)14-26-24(29)19-10-7-17(8-11-19)15-28-16-27-21-6-4-3-5-20(21)25(28)30/h3-6,9,12-13,16-17,19H,7-8,10-11,14-15H2,1-2H3,(H,26,29). The third kappa shape index (κ3) is 4.77. The zero-order valence-electron chi connectivity index (χ0n) is 18.5. The van der Waals surface area contributed by atoms with E-state index in [1.807, 2.05) is 42.5 Å². The lowest BCUT2D eigenvalue weighted by atomic mass is 9.81. The number of para-hydroxylation sites is 1. The fourth-order valence-corrected chi connectivity index (χ4v) is 4.45. The fraction of sp³-hybridized carbons (Fsp3) is 0.400. The van der Waals surface area contributed by atoms with Crippen molar-refractivity contribution in [2.45, 2.75) is 38.8 Å². The summed E-state index contributed by atoms with van der Waals surface area (Å²) in [6.45, 7) is 1.11. The van der Waals surface area contributed by atoms with E-state index in [1.165, 1.54) is 0 Å². The van der Waals surface area contributed by atoms with Gasteiger partial charge in [0.2, 0.25) is 5.91 Å². The van der Waals surface area contributed by atoms with Gasteiger partial charge in [-0.3, -0.25) is 14.2 Å². The van der Waals surface area contributed by atoms with E-state index in [2.05, 4.69) is 10.3 Å². The molecular formula is C25H29N3O4. The van der Waals surface area contributed by atoms with Crippen molar-refractivity contribution in [3.05, 3.63) is 64.7 Å². The van der Waals surface area contributed by atoms with Crippen LogP contribution in [0, 0.1) is 11.8 Å². The van der Waals surface area contributed by atoms with Gasteiger partial charge in [-0.05, 0) is 61.4 Å². The number of ether oxygens (including phenoxy) is 2. The number of rotatable bonds is 7. The summed E-state index contributed by atoms with van der Waals surface area (Å²) in [6, 6.07) is 13.1. The average Bonchev–Trinajstić information content (AvgIpc) is 2.84. The van der Waals surface area contributed by atoms with Crippen molar-refractivity contribution < 1.29 is 14.3 Å². The summed E-state index contributed by atoms with van der Waals surface area (Å²) >= 11 is 0. The lowest BCUT2D eigenvalue weighted by Gasteiger charge is -2.28.